The minimum Gasteiger partial charge on any atom is -0.244 e. The first-order valence-corrected chi connectivity index (χ1v) is 5.42. The molecule has 0 radical (unpaired) electrons. The predicted octanol–water partition coefficient (Wildman–Crippen LogP) is 3.04. The quantitative estimate of drug-likeness (QED) is 0.764. The van der Waals surface area contributed by atoms with Gasteiger partial charge in [0.15, 0.2) is 0 Å². The fraction of sp³-hybridized carbons (Fsp3) is 0.0909. The molecule has 1 aromatic heterocycles. The van der Waals surface area contributed by atoms with Crippen LogP contribution in [-0.4, -0.2) is 9.97 Å². The molecule has 1 heterocycles. The summed E-state index contributed by atoms with van der Waals surface area (Å²) in [6.45, 7) is 0. The Morgan fingerprint density at radius 3 is 2.14 bits per heavy atom. The lowest BCUT2D eigenvalue weighted by Crippen LogP contribution is -1.82. The van der Waals surface area contributed by atoms with E-state index in [9.17, 15) is 0 Å². The fourth-order valence-corrected chi connectivity index (χ4v) is 1.61. The van der Waals surface area contributed by atoms with Gasteiger partial charge in [-0.05, 0) is 11.1 Å². The Morgan fingerprint density at radius 2 is 1.57 bits per heavy atom. The molecule has 2 aromatic rings. The van der Waals surface area contributed by atoms with Crippen molar-refractivity contribution in [1.29, 1.82) is 0 Å². The number of halogens is 1. The zero-order chi connectivity index (χ0) is 9.80. The summed E-state index contributed by atoms with van der Waals surface area (Å²) in [5.74, 6) is 0. The Morgan fingerprint density at radius 1 is 0.929 bits per heavy atom. The van der Waals surface area contributed by atoms with E-state index in [1.54, 1.807) is 0 Å². The first-order chi connectivity index (χ1) is 6.90. The summed E-state index contributed by atoms with van der Waals surface area (Å²) < 4.78 is 0. The molecule has 0 saturated carbocycles. The van der Waals surface area contributed by atoms with Gasteiger partial charge >= 0.3 is 0 Å². The largest absolute Gasteiger partial charge is 0.244 e. The molecular weight excluding hydrogens is 240 g/mol. The second-order valence-electron chi connectivity index (χ2n) is 2.96. The number of rotatable bonds is 2. The summed E-state index contributed by atoms with van der Waals surface area (Å²) in [5.41, 5.74) is 3.47. The molecule has 0 aliphatic carbocycles. The number of nitrogens with zero attached hydrogens (tertiary/aromatic N) is 2. The monoisotopic (exact) mass is 248 g/mol. The molecular formula is C11H9BrN2. The zero-order valence-corrected chi connectivity index (χ0v) is 9.11. The van der Waals surface area contributed by atoms with Crippen LogP contribution in [0.1, 0.15) is 5.56 Å². The number of hydrogen-bond acceptors (Lipinski definition) is 2. The summed E-state index contributed by atoms with van der Waals surface area (Å²) in [6, 6.07) is 8.35. The van der Waals surface area contributed by atoms with Crippen LogP contribution in [0.15, 0.2) is 43.0 Å². The molecule has 0 unspecified atom stereocenters. The van der Waals surface area contributed by atoms with Crippen LogP contribution in [0.4, 0.5) is 0 Å². The van der Waals surface area contributed by atoms with Crippen LogP contribution in [0.2, 0.25) is 0 Å². The SMILES string of the molecule is BrCc1ccc(-c2cncnc2)cc1. The van der Waals surface area contributed by atoms with Crippen molar-refractivity contribution < 1.29 is 0 Å². The molecule has 1 aromatic carbocycles. The Hall–Kier alpha value is -1.22. The molecule has 0 N–H and O–H groups in total. The predicted molar refractivity (Wildman–Crippen MR) is 60.1 cm³/mol. The van der Waals surface area contributed by atoms with E-state index >= 15 is 0 Å². The van der Waals surface area contributed by atoms with Crippen molar-refractivity contribution in [3.63, 3.8) is 0 Å². The minimum atomic E-state index is 0.887. The van der Waals surface area contributed by atoms with Crippen molar-refractivity contribution in [1.82, 2.24) is 9.97 Å². The van der Waals surface area contributed by atoms with Gasteiger partial charge in [0.25, 0.3) is 0 Å². The molecule has 0 spiro atoms. The van der Waals surface area contributed by atoms with E-state index in [-0.39, 0.29) is 0 Å². The average molecular weight is 249 g/mol. The fourth-order valence-electron chi connectivity index (χ4n) is 1.23. The Bertz CT molecular complexity index is 397. The third-order valence-corrected chi connectivity index (χ3v) is 2.65. The lowest BCUT2D eigenvalue weighted by Gasteiger charge is -2.00. The van der Waals surface area contributed by atoms with Gasteiger partial charge in [-0.1, -0.05) is 40.2 Å². The van der Waals surface area contributed by atoms with E-state index in [2.05, 4.69) is 50.2 Å². The van der Waals surface area contributed by atoms with E-state index in [0.29, 0.717) is 0 Å². The molecule has 0 aliphatic rings. The van der Waals surface area contributed by atoms with E-state index < -0.39 is 0 Å². The molecule has 2 nitrogen and oxygen atoms in total. The summed E-state index contributed by atoms with van der Waals surface area (Å²) >= 11 is 3.41. The molecule has 3 heteroatoms. The van der Waals surface area contributed by atoms with Gasteiger partial charge in [0.2, 0.25) is 0 Å². The number of benzene rings is 1. The van der Waals surface area contributed by atoms with Crippen LogP contribution in [0.3, 0.4) is 0 Å². The van der Waals surface area contributed by atoms with Crippen molar-refractivity contribution in [3.05, 3.63) is 48.5 Å². The summed E-state index contributed by atoms with van der Waals surface area (Å²) in [6.07, 6.45) is 5.17. The molecule has 0 aliphatic heterocycles. The topological polar surface area (TPSA) is 25.8 Å². The lowest BCUT2D eigenvalue weighted by atomic mass is 10.1. The second kappa shape index (κ2) is 4.33. The number of aromatic nitrogens is 2. The highest BCUT2D eigenvalue weighted by Crippen LogP contribution is 2.18. The first-order valence-electron chi connectivity index (χ1n) is 4.30. The molecule has 0 atom stereocenters. The number of hydrogen-bond donors (Lipinski definition) is 0. The van der Waals surface area contributed by atoms with Crippen LogP contribution in [0.5, 0.6) is 0 Å². The van der Waals surface area contributed by atoms with Crippen molar-refractivity contribution in [2.24, 2.45) is 0 Å². The molecule has 0 fully saturated rings. The zero-order valence-electron chi connectivity index (χ0n) is 7.52. The normalized spacial score (nSPS) is 10.1. The maximum atomic E-state index is 3.98. The van der Waals surface area contributed by atoms with Gasteiger partial charge in [0.05, 0.1) is 0 Å². The molecule has 14 heavy (non-hydrogen) atoms. The Balaban J connectivity index is 2.34. The van der Waals surface area contributed by atoms with Crippen LogP contribution in [0.25, 0.3) is 11.1 Å². The van der Waals surface area contributed by atoms with Crippen molar-refractivity contribution in [2.75, 3.05) is 0 Å². The first kappa shape index (κ1) is 9.34. The summed E-state index contributed by atoms with van der Waals surface area (Å²) in [7, 11) is 0. The van der Waals surface area contributed by atoms with Gasteiger partial charge in [-0.25, -0.2) is 9.97 Å². The summed E-state index contributed by atoms with van der Waals surface area (Å²) in [4.78, 5) is 7.97. The molecule has 0 bridgehead atoms. The van der Waals surface area contributed by atoms with Crippen LogP contribution in [-0.2, 0) is 5.33 Å². The minimum absolute atomic E-state index is 0.887. The maximum Gasteiger partial charge on any atom is 0.115 e. The highest BCUT2D eigenvalue weighted by molar-refractivity contribution is 9.08. The van der Waals surface area contributed by atoms with Crippen molar-refractivity contribution in [2.45, 2.75) is 5.33 Å². The van der Waals surface area contributed by atoms with E-state index in [0.717, 1.165) is 16.5 Å². The van der Waals surface area contributed by atoms with Gasteiger partial charge in [-0.15, -0.1) is 0 Å². The molecule has 0 amide bonds. The molecule has 2 rings (SSSR count). The van der Waals surface area contributed by atoms with Crippen molar-refractivity contribution >= 4 is 15.9 Å². The van der Waals surface area contributed by atoms with Gasteiger partial charge in [0.1, 0.15) is 6.33 Å². The Labute approximate surface area is 91.2 Å². The van der Waals surface area contributed by atoms with Crippen LogP contribution < -0.4 is 0 Å². The van der Waals surface area contributed by atoms with E-state index in [1.165, 1.54) is 11.9 Å². The van der Waals surface area contributed by atoms with Crippen LogP contribution in [0, 0.1) is 0 Å². The summed E-state index contributed by atoms with van der Waals surface area (Å²) in [5, 5.41) is 0.887. The maximum absolute atomic E-state index is 3.98. The van der Waals surface area contributed by atoms with Gasteiger partial charge in [-0.3, -0.25) is 0 Å². The molecule has 70 valence electrons. The third-order valence-electron chi connectivity index (χ3n) is 2.00. The van der Waals surface area contributed by atoms with Crippen LogP contribution >= 0.6 is 15.9 Å². The average Bonchev–Trinajstić information content (AvgIpc) is 2.30. The highest BCUT2D eigenvalue weighted by atomic mass is 79.9. The molecule has 0 saturated heterocycles. The van der Waals surface area contributed by atoms with Gasteiger partial charge in [0, 0.05) is 23.3 Å². The smallest absolute Gasteiger partial charge is 0.115 e. The van der Waals surface area contributed by atoms with Crippen molar-refractivity contribution in [3.8, 4) is 11.1 Å². The second-order valence-corrected chi connectivity index (χ2v) is 3.52. The Kier molecular flexibility index (Phi) is 2.89. The lowest BCUT2D eigenvalue weighted by molar-refractivity contribution is 1.17. The highest BCUT2D eigenvalue weighted by Gasteiger charge is 1.96. The van der Waals surface area contributed by atoms with E-state index in [1.807, 2.05) is 12.4 Å². The van der Waals surface area contributed by atoms with Gasteiger partial charge < -0.3 is 0 Å². The van der Waals surface area contributed by atoms with Gasteiger partial charge in [-0.2, -0.15) is 0 Å². The standard InChI is InChI=1S/C11H9BrN2/c12-5-9-1-3-10(4-2-9)11-6-13-8-14-7-11/h1-4,6-8H,5H2. The third kappa shape index (κ3) is 1.99. The van der Waals surface area contributed by atoms with E-state index in [4.69, 9.17) is 0 Å². The number of alkyl halides is 1.